The zero-order valence-electron chi connectivity index (χ0n) is 9.15. The van der Waals surface area contributed by atoms with Crippen LogP contribution in [0.5, 0.6) is 5.75 Å². The zero-order chi connectivity index (χ0) is 10.7. The summed E-state index contributed by atoms with van der Waals surface area (Å²) in [6.45, 7) is 5.25. The molecule has 0 spiro atoms. The first-order valence-electron chi connectivity index (χ1n) is 5.48. The van der Waals surface area contributed by atoms with Crippen LogP contribution in [0.3, 0.4) is 0 Å². The van der Waals surface area contributed by atoms with Gasteiger partial charge in [0.05, 0.1) is 0 Å². The summed E-state index contributed by atoms with van der Waals surface area (Å²) in [5, 5.41) is 0. The standard InChI is InChI=1S/C12H18N2O/c1-10-6-7-14(10)8-9-15-12-4-2-11(13)3-5-12/h2-5,10H,6-9,13H2,1H3. The Morgan fingerprint density at radius 2 is 2.13 bits per heavy atom. The third-order valence-corrected chi connectivity index (χ3v) is 2.98. The molecule has 0 saturated carbocycles. The minimum absolute atomic E-state index is 0.736. The molecule has 1 aliphatic rings. The molecule has 2 N–H and O–H groups in total. The molecule has 1 heterocycles. The monoisotopic (exact) mass is 206 g/mol. The van der Waals surface area contributed by atoms with E-state index in [0.717, 1.165) is 30.6 Å². The van der Waals surface area contributed by atoms with Gasteiger partial charge in [0.25, 0.3) is 0 Å². The molecule has 1 saturated heterocycles. The van der Waals surface area contributed by atoms with E-state index in [1.807, 2.05) is 24.3 Å². The highest BCUT2D eigenvalue weighted by Crippen LogP contribution is 2.16. The SMILES string of the molecule is CC1CCN1CCOc1ccc(N)cc1. The van der Waals surface area contributed by atoms with Gasteiger partial charge in [-0.15, -0.1) is 0 Å². The summed E-state index contributed by atoms with van der Waals surface area (Å²) in [6, 6.07) is 8.28. The number of nitrogen functional groups attached to an aromatic ring is 1. The molecule has 0 radical (unpaired) electrons. The van der Waals surface area contributed by atoms with Crippen molar-refractivity contribution < 1.29 is 4.74 Å². The summed E-state index contributed by atoms with van der Waals surface area (Å²) in [5.74, 6) is 0.900. The van der Waals surface area contributed by atoms with Crippen LogP contribution in [0.25, 0.3) is 0 Å². The van der Waals surface area contributed by atoms with Crippen LogP contribution < -0.4 is 10.5 Å². The summed E-state index contributed by atoms with van der Waals surface area (Å²) in [6.07, 6.45) is 1.32. The van der Waals surface area contributed by atoms with Crippen molar-refractivity contribution in [3.8, 4) is 5.75 Å². The Morgan fingerprint density at radius 1 is 1.40 bits per heavy atom. The molecule has 1 aromatic carbocycles. The van der Waals surface area contributed by atoms with Crippen LogP contribution in [-0.4, -0.2) is 30.6 Å². The predicted molar refractivity (Wildman–Crippen MR) is 62.0 cm³/mol. The van der Waals surface area contributed by atoms with Gasteiger partial charge in [-0.2, -0.15) is 0 Å². The van der Waals surface area contributed by atoms with E-state index >= 15 is 0 Å². The van der Waals surface area contributed by atoms with Crippen molar-refractivity contribution in [2.45, 2.75) is 19.4 Å². The molecule has 3 nitrogen and oxygen atoms in total. The minimum atomic E-state index is 0.736. The van der Waals surface area contributed by atoms with Crippen LogP contribution in [0, 0.1) is 0 Å². The number of nitrogens with zero attached hydrogens (tertiary/aromatic N) is 1. The molecule has 2 rings (SSSR count). The van der Waals surface area contributed by atoms with Crippen molar-refractivity contribution in [3.63, 3.8) is 0 Å². The molecule has 0 aliphatic carbocycles. The van der Waals surface area contributed by atoms with E-state index in [2.05, 4.69) is 11.8 Å². The number of benzene rings is 1. The normalized spacial score (nSPS) is 21.0. The lowest BCUT2D eigenvalue weighted by Gasteiger charge is -2.38. The second kappa shape index (κ2) is 4.53. The smallest absolute Gasteiger partial charge is 0.119 e. The number of hydrogen-bond donors (Lipinski definition) is 1. The van der Waals surface area contributed by atoms with E-state index in [-0.39, 0.29) is 0 Å². The van der Waals surface area contributed by atoms with E-state index in [4.69, 9.17) is 10.5 Å². The van der Waals surface area contributed by atoms with Gasteiger partial charge >= 0.3 is 0 Å². The molecular weight excluding hydrogens is 188 g/mol. The van der Waals surface area contributed by atoms with Crippen LogP contribution in [0.15, 0.2) is 24.3 Å². The van der Waals surface area contributed by atoms with E-state index in [9.17, 15) is 0 Å². The largest absolute Gasteiger partial charge is 0.492 e. The van der Waals surface area contributed by atoms with Gasteiger partial charge in [-0.3, -0.25) is 4.90 Å². The van der Waals surface area contributed by atoms with Crippen molar-refractivity contribution in [1.29, 1.82) is 0 Å². The maximum atomic E-state index is 5.62. The molecule has 1 aromatic rings. The lowest BCUT2D eigenvalue weighted by Crippen LogP contribution is -2.47. The first-order chi connectivity index (χ1) is 7.25. The Bertz CT molecular complexity index is 310. The lowest BCUT2D eigenvalue weighted by molar-refractivity contribution is 0.0850. The summed E-state index contributed by atoms with van der Waals surface area (Å²) in [4.78, 5) is 2.43. The number of hydrogen-bond acceptors (Lipinski definition) is 3. The van der Waals surface area contributed by atoms with Crippen LogP contribution in [0.2, 0.25) is 0 Å². The quantitative estimate of drug-likeness (QED) is 0.763. The maximum Gasteiger partial charge on any atom is 0.119 e. The van der Waals surface area contributed by atoms with Crippen LogP contribution in [0.1, 0.15) is 13.3 Å². The average molecular weight is 206 g/mol. The highest BCUT2D eigenvalue weighted by molar-refractivity contribution is 5.41. The Hall–Kier alpha value is -1.22. The Balaban J connectivity index is 1.71. The number of rotatable bonds is 4. The second-order valence-electron chi connectivity index (χ2n) is 4.09. The molecular formula is C12H18N2O. The first kappa shape index (κ1) is 10.3. The van der Waals surface area contributed by atoms with E-state index < -0.39 is 0 Å². The Labute approximate surface area is 90.8 Å². The van der Waals surface area contributed by atoms with Crippen molar-refractivity contribution in [3.05, 3.63) is 24.3 Å². The van der Waals surface area contributed by atoms with Crippen LogP contribution in [0.4, 0.5) is 5.69 Å². The van der Waals surface area contributed by atoms with Gasteiger partial charge in [-0.05, 0) is 37.6 Å². The third-order valence-electron chi connectivity index (χ3n) is 2.98. The molecule has 15 heavy (non-hydrogen) atoms. The fourth-order valence-corrected chi connectivity index (χ4v) is 1.75. The molecule has 0 aromatic heterocycles. The average Bonchev–Trinajstić information content (AvgIpc) is 2.25. The molecule has 1 aliphatic heterocycles. The van der Waals surface area contributed by atoms with Gasteiger partial charge in [0, 0.05) is 24.8 Å². The highest BCUT2D eigenvalue weighted by atomic mass is 16.5. The third kappa shape index (κ3) is 2.63. The van der Waals surface area contributed by atoms with Crippen molar-refractivity contribution in [2.75, 3.05) is 25.4 Å². The zero-order valence-corrected chi connectivity index (χ0v) is 9.15. The molecule has 0 bridgehead atoms. The fourth-order valence-electron chi connectivity index (χ4n) is 1.75. The topological polar surface area (TPSA) is 38.5 Å². The van der Waals surface area contributed by atoms with Crippen molar-refractivity contribution in [2.24, 2.45) is 0 Å². The highest BCUT2D eigenvalue weighted by Gasteiger charge is 2.22. The van der Waals surface area contributed by atoms with Gasteiger partial charge < -0.3 is 10.5 Å². The minimum Gasteiger partial charge on any atom is -0.492 e. The van der Waals surface area contributed by atoms with E-state index in [0.29, 0.717) is 0 Å². The van der Waals surface area contributed by atoms with E-state index in [1.165, 1.54) is 13.0 Å². The first-order valence-corrected chi connectivity index (χ1v) is 5.48. The van der Waals surface area contributed by atoms with Crippen molar-refractivity contribution in [1.82, 2.24) is 4.90 Å². The molecule has 1 fully saturated rings. The van der Waals surface area contributed by atoms with Gasteiger partial charge in [-0.1, -0.05) is 0 Å². The number of nitrogens with two attached hydrogens (primary N) is 1. The van der Waals surface area contributed by atoms with Gasteiger partial charge in [0.1, 0.15) is 12.4 Å². The Morgan fingerprint density at radius 3 is 2.67 bits per heavy atom. The van der Waals surface area contributed by atoms with Crippen LogP contribution in [-0.2, 0) is 0 Å². The number of anilines is 1. The number of ether oxygens (including phenoxy) is 1. The molecule has 82 valence electrons. The summed E-state index contributed by atoms with van der Waals surface area (Å²) in [7, 11) is 0. The maximum absolute atomic E-state index is 5.62. The van der Waals surface area contributed by atoms with Crippen LogP contribution >= 0.6 is 0 Å². The fraction of sp³-hybridized carbons (Fsp3) is 0.500. The summed E-state index contributed by atoms with van der Waals surface area (Å²) < 4.78 is 5.62. The van der Waals surface area contributed by atoms with Gasteiger partial charge in [-0.25, -0.2) is 0 Å². The summed E-state index contributed by atoms with van der Waals surface area (Å²) >= 11 is 0. The van der Waals surface area contributed by atoms with Gasteiger partial charge in [0.15, 0.2) is 0 Å². The lowest BCUT2D eigenvalue weighted by atomic mass is 10.1. The van der Waals surface area contributed by atoms with E-state index in [1.54, 1.807) is 0 Å². The molecule has 0 amide bonds. The molecule has 1 atom stereocenters. The second-order valence-corrected chi connectivity index (χ2v) is 4.09. The predicted octanol–water partition coefficient (Wildman–Crippen LogP) is 1.74. The Kier molecular flexibility index (Phi) is 3.11. The van der Waals surface area contributed by atoms with Gasteiger partial charge in [0.2, 0.25) is 0 Å². The molecule has 3 heteroatoms. The van der Waals surface area contributed by atoms with Crippen molar-refractivity contribution >= 4 is 5.69 Å². The summed E-state index contributed by atoms with van der Waals surface area (Å²) in [5.41, 5.74) is 6.37. The molecule has 1 unspecified atom stereocenters. The number of likely N-dealkylation sites (tertiary alicyclic amines) is 1.